The molecule has 1 aromatic carbocycles. The standard InChI is InChI=1S/C21H25FN2O4/c1-20(2,3)28-19(26)24-11-21(12-24)9-13(10-21)27-16-6-5-15(22)17-14(16)7-8-23(4)18(17)25/h5-8,13H,9-12H2,1-4H3. The van der Waals surface area contributed by atoms with Crippen LogP contribution in [0.4, 0.5) is 9.18 Å². The summed E-state index contributed by atoms with van der Waals surface area (Å²) in [6.07, 6.45) is 3.00. The van der Waals surface area contributed by atoms with E-state index in [0.29, 0.717) is 24.2 Å². The monoisotopic (exact) mass is 388 g/mol. The number of hydrogen-bond acceptors (Lipinski definition) is 4. The molecule has 1 aliphatic carbocycles. The molecule has 150 valence electrons. The van der Waals surface area contributed by atoms with Crippen molar-refractivity contribution in [2.24, 2.45) is 12.5 Å². The number of aryl methyl sites for hydroxylation is 1. The van der Waals surface area contributed by atoms with Crippen molar-refractivity contribution in [3.63, 3.8) is 0 Å². The van der Waals surface area contributed by atoms with E-state index in [0.717, 1.165) is 12.8 Å². The number of likely N-dealkylation sites (tertiary alicyclic amines) is 1. The zero-order valence-corrected chi connectivity index (χ0v) is 16.6. The molecule has 1 aliphatic heterocycles. The van der Waals surface area contributed by atoms with E-state index in [9.17, 15) is 14.0 Å². The molecule has 1 spiro atoms. The van der Waals surface area contributed by atoms with E-state index in [-0.39, 0.29) is 28.6 Å². The summed E-state index contributed by atoms with van der Waals surface area (Å²) in [7, 11) is 1.59. The number of pyridine rings is 1. The van der Waals surface area contributed by atoms with Gasteiger partial charge >= 0.3 is 6.09 Å². The highest BCUT2D eigenvalue weighted by molar-refractivity contribution is 5.88. The Morgan fingerprint density at radius 2 is 1.89 bits per heavy atom. The smallest absolute Gasteiger partial charge is 0.410 e. The highest BCUT2D eigenvalue weighted by Crippen LogP contribution is 2.50. The quantitative estimate of drug-likeness (QED) is 0.791. The van der Waals surface area contributed by atoms with Crippen molar-refractivity contribution in [3.05, 3.63) is 40.6 Å². The van der Waals surface area contributed by atoms with E-state index >= 15 is 0 Å². The number of carbonyl (C=O) groups is 1. The van der Waals surface area contributed by atoms with Gasteiger partial charge in [-0.1, -0.05) is 0 Å². The molecule has 2 aromatic rings. The average Bonchev–Trinajstić information content (AvgIpc) is 2.51. The van der Waals surface area contributed by atoms with Crippen LogP contribution in [0.15, 0.2) is 29.2 Å². The molecule has 2 aliphatic rings. The molecule has 6 nitrogen and oxygen atoms in total. The number of amides is 1. The summed E-state index contributed by atoms with van der Waals surface area (Å²) in [6.45, 7) is 6.91. The summed E-state index contributed by atoms with van der Waals surface area (Å²) in [4.78, 5) is 26.1. The SMILES string of the molecule is Cn1ccc2c(OC3CC4(C3)CN(C(=O)OC(C)(C)C)C4)ccc(F)c2c1=O. The molecule has 1 amide bonds. The van der Waals surface area contributed by atoms with Crippen molar-refractivity contribution in [3.8, 4) is 5.75 Å². The van der Waals surface area contributed by atoms with Crippen LogP contribution in [0.5, 0.6) is 5.75 Å². The molecule has 0 unspecified atom stereocenters. The van der Waals surface area contributed by atoms with Crippen LogP contribution in [-0.4, -0.2) is 40.4 Å². The fourth-order valence-electron chi connectivity index (χ4n) is 4.14. The number of fused-ring (bicyclic) bond motifs is 1. The van der Waals surface area contributed by atoms with Gasteiger partial charge in [0.15, 0.2) is 0 Å². The van der Waals surface area contributed by atoms with E-state index in [1.807, 2.05) is 20.8 Å². The summed E-state index contributed by atoms with van der Waals surface area (Å²) < 4.78 is 27.0. The van der Waals surface area contributed by atoms with Crippen LogP contribution in [0.1, 0.15) is 33.6 Å². The van der Waals surface area contributed by atoms with Crippen LogP contribution < -0.4 is 10.3 Å². The lowest BCUT2D eigenvalue weighted by Crippen LogP contribution is -2.66. The molecule has 2 fully saturated rings. The highest BCUT2D eigenvalue weighted by atomic mass is 19.1. The molecule has 28 heavy (non-hydrogen) atoms. The fourth-order valence-corrected chi connectivity index (χ4v) is 4.14. The molecule has 7 heteroatoms. The summed E-state index contributed by atoms with van der Waals surface area (Å²) in [5, 5.41) is 0.546. The van der Waals surface area contributed by atoms with Crippen LogP contribution in [0.2, 0.25) is 0 Å². The zero-order valence-electron chi connectivity index (χ0n) is 16.6. The molecular formula is C21H25FN2O4. The lowest BCUT2D eigenvalue weighted by molar-refractivity contribution is -0.116. The molecule has 1 saturated carbocycles. The Kier molecular flexibility index (Phi) is 4.17. The van der Waals surface area contributed by atoms with Gasteiger partial charge in [-0.15, -0.1) is 0 Å². The maximum Gasteiger partial charge on any atom is 0.410 e. The fraction of sp³-hybridized carbons (Fsp3) is 0.524. The zero-order chi connectivity index (χ0) is 20.3. The van der Waals surface area contributed by atoms with Gasteiger partial charge in [-0.05, 0) is 51.8 Å². The summed E-state index contributed by atoms with van der Waals surface area (Å²) in [5.74, 6) is -0.0158. The van der Waals surface area contributed by atoms with Gasteiger partial charge < -0.3 is 18.9 Å². The van der Waals surface area contributed by atoms with Crippen LogP contribution in [0.25, 0.3) is 10.8 Å². The molecule has 0 atom stereocenters. The second-order valence-electron chi connectivity index (χ2n) is 9.05. The van der Waals surface area contributed by atoms with Crippen LogP contribution >= 0.6 is 0 Å². The number of hydrogen-bond donors (Lipinski definition) is 0. The molecular weight excluding hydrogens is 363 g/mol. The van der Waals surface area contributed by atoms with Crippen molar-refractivity contribution in [2.45, 2.75) is 45.3 Å². The molecule has 4 rings (SSSR count). The number of carbonyl (C=O) groups excluding carboxylic acids is 1. The Balaban J connectivity index is 1.40. The lowest BCUT2D eigenvalue weighted by Gasteiger charge is -2.58. The molecule has 1 saturated heterocycles. The Bertz CT molecular complexity index is 994. The predicted molar refractivity (Wildman–Crippen MR) is 103 cm³/mol. The summed E-state index contributed by atoms with van der Waals surface area (Å²) >= 11 is 0. The second-order valence-corrected chi connectivity index (χ2v) is 9.05. The number of halogens is 1. The number of rotatable bonds is 2. The van der Waals surface area contributed by atoms with Crippen molar-refractivity contribution in [2.75, 3.05) is 13.1 Å². The Labute approximate surface area is 162 Å². The molecule has 2 heterocycles. The normalized spacial score (nSPS) is 18.7. The second kappa shape index (κ2) is 6.22. The first-order chi connectivity index (χ1) is 13.1. The van der Waals surface area contributed by atoms with Crippen LogP contribution in [0, 0.1) is 11.2 Å². The Morgan fingerprint density at radius 3 is 2.54 bits per heavy atom. The van der Waals surface area contributed by atoms with Crippen LogP contribution in [0.3, 0.4) is 0 Å². The lowest BCUT2D eigenvalue weighted by atomic mass is 9.62. The van der Waals surface area contributed by atoms with E-state index < -0.39 is 11.4 Å². The van der Waals surface area contributed by atoms with E-state index in [4.69, 9.17) is 9.47 Å². The van der Waals surface area contributed by atoms with E-state index in [1.54, 1.807) is 30.3 Å². The first kappa shape index (κ1) is 18.8. The van der Waals surface area contributed by atoms with Gasteiger partial charge in [0, 0.05) is 37.1 Å². The van der Waals surface area contributed by atoms with E-state index in [1.165, 1.54) is 10.6 Å². The largest absolute Gasteiger partial charge is 0.490 e. The van der Waals surface area contributed by atoms with Gasteiger partial charge in [-0.3, -0.25) is 4.79 Å². The Hall–Kier alpha value is -2.57. The van der Waals surface area contributed by atoms with Gasteiger partial charge in [0.1, 0.15) is 23.3 Å². The van der Waals surface area contributed by atoms with E-state index in [2.05, 4.69) is 0 Å². The molecule has 0 bridgehead atoms. The summed E-state index contributed by atoms with van der Waals surface area (Å²) in [6, 6.07) is 4.56. The number of aromatic nitrogens is 1. The predicted octanol–water partition coefficient (Wildman–Crippen LogP) is 3.46. The molecule has 0 N–H and O–H groups in total. The van der Waals surface area contributed by atoms with Crippen molar-refractivity contribution >= 4 is 16.9 Å². The first-order valence-electron chi connectivity index (χ1n) is 9.49. The third-order valence-corrected chi connectivity index (χ3v) is 5.47. The minimum atomic E-state index is -0.541. The Morgan fingerprint density at radius 1 is 1.21 bits per heavy atom. The van der Waals surface area contributed by atoms with Gasteiger partial charge in [0.2, 0.25) is 0 Å². The average molecular weight is 388 g/mol. The van der Waals surface area contributed by atoms with Gasteiger partial charge in [0.05, 0.1) is 5.39 Å². The van der Waals surface area contributed by atoms with Crippen molar-refractivity contribution in [1.82, 2.24) is 9.47 Å². The summed E-state index contributed by atoms with van der Waals surface area (Å²) in [5.41, 5.74) is -0.781. The number of nitrogens with zero attached hydrogens (tertiary/aromatic N) is 2. The topological polar surface area (TPSA) is 60.8 Å². The van der Waals surface area contributed by atoms with Gasteiger partial charge in [-0.2, -0.15) is 0 Å². The third-order valence-electron chi connectivity index (χ3n) is 5.47. The number of benzene rings is 1. The van der Waals surface area contributed by atoms with Gasteiger partial charge in [-0.25, -0.2) is 9.18 Å². The third kappa shape index (κ3) is 3.23. The van der Waals surface area contributed by atoms with Gasteiger partial charge in [0.25, 0.3) is 5.56 Å². The van der Waals surface area contributed by atoms with Crippen LogP contribution in [-0.2, 0) is 11.8 Å². The van der Waals surface area contributed by atoms with Crippen molar-refractivity contribution in [1.29, 1.82) is 0 Å². The minimum Gasteiger partial charge on any atom is -0.490 e. The maximum absolute atomic E-state index is 14.1. The molecule has 0 radical (unpaired) electrons. The minimum absolute atomic E-state index is 0.00138. The first-order valence-corrected chi connectivity index (χ1v) is 9.49. The molecule has 1 aromatic heterocycles. The maximum atomic E-state index is 14.1. The number of ether oxygens (including phenoxy) is 2. The highest BCUT2D eigenvalue weighted by Gasteiger charge is 2.55. The van der Waals surface area contributed by atoms with Crippen molar-refractivity contribution < 1.29 is 18.7 Å².